The molecule has 4 rings (SSSR count). The highest BCUT2D eigenvalue weighted by molar-refractivity contribution is 7.82. The van der Waals surface area contributed by atoms with Crippen molar-refractivity contribution in [2.45, 2.75) is 44.2 Å². The van der Waals surface area contributed by atoms with Crippen molar-refractivity contribution in [3.63, 3.8) is 0 Å². The van der Waals surface area contributed by atoms with Gasteiger partial charge in [0.1, 0.15) is 22.1 Å². The van der Waals surface area contributed by atoms with Gasteiger partial charge in [0, 0.05) is 11.1 Å². The Labute approximate surface area is 171 Å². The fourth-order valence-electron chi connectivity index (χ4n) is 4.16. The van der Waals surface area contributed by atoms with Crippen LogP contribution in [0, 0.1) is 0 Å². The summed E-state index contributed by atoms with van der Waals surface area (Å²) in [5.41, 5.74) is 1.76. The minimum atomic E-state index is -0.560. The van der Waals surface area contributed by atoms with E-state index in [0.717, 1.165) is 42.7 Å². The number of ether oxygens (including phenoxy) is 1. The second kappa shape index (κ2) is 7.84. The molecule has 1 amide bonds. The zero-order valence-electron chi connectivity index (χ0n) is 16.1. The molecule has 144 valence electrons. The molecule has 2 aliphatic rings. The Kier molecular flexibility index (Phi) is 5.27. The molecule has 1 spiro atoms. The molecule has 0 saturated heterocycles. The van der Waals surface area contributed by atoms with Crippen LogP contribution in [0.4, 0.5) is 0 Å². The molecular formula is C23H24N2O2S. The Morgan fingerprint density at radius 2 is 1.64 bits per heavy atom. The van der Waals surface area contributed by atoms with E-state index < -0.39 is 5.66 Å². The quantitative estimate of drug-likeness (QED) is 0.689. The summed E-state index contributed by atoms with van der Waals surface area (Å²) < 4.78 is 5.26. The topological polar surface area (TPSA) is 41.9 Å². The molecular weight excluding hydrogens is 368 g/mol. The number of methoxy groups -OCH3 is 1. The van der Waals surface area contributed by atoms with Crippen LogP contribution in [0.3, 0.4) is 0 Å². The standard InChI is InChI=1S/C23H24N2O2S/c1-27-19-13-11-17(12-14-19)20-22(28)25(21(26)18-9-5-4-6-10-18)23(24-20)15-7-2-3-8-16-23/h4-6,9-14H,2-3,7-8,15-16H2,1H3. The lowest BCUT2D eigenvalue weighted by Crippen LogP contribution is -2.49. The van der Waals surface area contributed by atoms with Crippen LogP contribution in [0.25, 0.3) is 0 Å². The predicted molar refractivity (Wildman–Crippen MR) is 115 cm³/mol. The van der Waals surface area contributed by atoms with Crippen LogP contribution in [0.15, 0.2) is 59.6 Å². The van der Waals surface area contributed by atoms with Crippen LogP contribution in [0.2, 0.25) is 0 Å². The minimum Gasteiger partial charge on any atom is -0.497 e. The number of hydrogen-bond donors (Lipinski definition) is 0. The van der Waals surface area contributed by atoms with Gasteiger partial charge in [-0.25, -0.2) is 0 Å². The Balaban J connectivity index is 1.76. The fraction of sp³-hybridized carbons (Fsp3) is 0.348. The summed E-state index contributed by atoms with van der Waals surface area (Å²) in [6.45, 7) is 0. The highest BCUT2D eigenvalue weighted by Gasteiger charge is 2.48. The molecule has 1 aliphatic carbocycles. The maximum absolute atomic E-state index is 13.5. The molecule has 0 unspecified atom stereocenters. The van der Waals surface area contributed by atoms with Crippen molar-refractivity contribution in [3.05, 3.63) is 65.7 Å². The van der Waals surface area contributed by atoms with E-state index in [1.165, 1.54) is 12.8 Å². The van der Waals surface area contributed by atoms with Crippen molar-refractivity contribution >= 4 is 28.8 Å². The third-order valence-corrected chi connectivity index (χ3v) is 6.01. The maximum atomic E-state index is 13.5. The monoisotopic (exact) mass is 392 g/mol. The SMILES string of the molecule is COc1ccc(C2=NC3(CCCCCC3)N(C(=O)c3ccccc3)C2=S)cc1. The lowest BCUT2D eigenvalue weighted by molar-refractivity contribution is 0.0692. The van der Waals surface area contributed by atoms with Gasteiger partial charge in [-0.2, -0.15) is 0 Å². The van der Waals surface area contributed by atoms with Crippen LogP contribution in [-0.2, 0) is 0 Å². The van der Waals surface area contributed by atoms with Crippen LogP contribution >= 0.6 is 12.2 Å². The van der Waals surface area contributed by atoms with Crippen LogP contribution in [0.5, 0.6) is 5.75 Å². The average Bonchev–Trinajstić information content (AvgIpc) is 2.87. The Bertz CT molecular complexity index is 898. The number of benzene rings is 2. The lowest BCUT2D eigenvalue weighted by Gasteiger charge is -2.35. The first-order chi connectivity index (χ1) is 13.6. The summed E-state index contributed by atoms with van der Waals surface area (Å²) in [6.07, 6.45) is 6.17. The van der Waals surface area contributed by atoms with Gasteiger partial charge in [-0.15, -0.1) is 0 Å². The van der Waals surface area contributed by atoms with Crippen molar-refractivity contribution in [2.75, 3.05) is 7.11 Å². The fourth-order valence-corrected chi connectivity index (χ4v) is 4.58. The first-order valence-electron chi connectivity index (χ1n) is 9.83. The van der Waals surface area contributed by atoms with Gasteiger partial charge in [0.05, 0.1) is 7.11 Å². The van der Waals surface area contributed by atoms with Crippen molar-refractivity contribution in [3.8, 4) is 5.75 Å². The second-order valence-electron chi connectivity index (χ2n) is 7.40. The molecule has 0 bridgehead atoms. The number of nitrogens with zero attached hydrogens (tertiary/aromatic N) is 2. The van der Waals surface area contributed by atoms with Gasteiger partial charge < -0.3 is 4.74 Å². The third-order valence-electron chi connectivity index (χ3n) is 5.63. The van der Waals surface area contributed by atoms with Gasteiger partial charge in [0.2, 0.25) is 0 Å². The summed E-state index contributed by atoms with van der Waals surface area (Å²) in [4.78, 5) is 20.9. The summed E-state index contributed by atoms with van der Waals surface area (Å²) in [6, 6.07) is 17.1. The lowest BCUT2D eigenvalue weighted by atomic mass is 9.99. The zero-order chi connectivity index (χ0) is 19.6. The van der Waals surface area contributed by atoms with E-state index in [2.05, 4.69) is 0 Å². The minimum absolute atomic E-state index is 0.0558. The number of hydrogen-bond acceptors (Lipinski definition) is 4. The molecule has 1 heterocycles. The van der Waals surface area contributed by atoms with Crippen molar-refractivity contribution < 1.29 is 9.53 Å². The largest absolute Gasteiger partial charge is 0.497 e. The van der Waals surface area contributed by atoms with Crippen LogP contribution in [0.1, 0.15) is 54.4 Å². The zero-order valence-corrected chi connectivity index (χ0v) is 16.9. The summed E-state index contributed by atoms with van der Waals surface area (Å²) in [5, 5.41) is 0. The number of rotatable bonds is 3. The normalized spacial score (nSPS) is 18.7. The van der Waals surface area contributed by atoms with Crippen LogP contribution < -0.4 is 4.74 Å². The van der Waals surface area contributed by atoms with E-state index in [9.17, 15) is 4.79 Å². The Morgan fingerprint density at radius 1 is 1.00 bits per heavy atom. The van der Waals surface area contributed by atoms with Gasteiger partial charge in [-0.3, -0.25) is 14.7 Å². The van der Waals surface area contributed by atoms with E-state index in [1.54, 1.807) is 12.0 Å². The molecule has 1 aliphatic heterocycles. The molecule has 0 aromatic heterocycles. The predicted octanol–water partition coefficient (Wildman–Crippen LogP) is 5.02. The smallest absolute Gasteiger partial charge is 0.260 e. The molecule has 0 N–H and O–H groups in total. The van der Waals surface area contributed by atoms with Gasteiger partial charge >= 0.3 is 0 Å². The second-order valence-corrected chi connectivity index (χ2v) is 7.78. The molecule has 1 fully saturated rings. The molecule has 2 aromatic carbocycles. The molecule has 5 heteroatoms. The Hall–Kier alpha value is -2.53. The number of thiocarbonyl (C=S) groups is 1. The number of carbonyl (C=O) groups is 1. The van der Waals surface area contributed by atoms with Gasteiger partial charge in [-0.05, 0) is 62.1 Å². The van der Waals surface area contributed by atoms with Gasteiger partial charge in [-0.1, -0.05) is 43.3 Å². The number of carbonyl (C=O) groups excluding carboxylic acids is 1. The highest BCUT2D eigenvalue weighted by atomic mass is 32.1. The average molecular weight is 393 g/mol. The maximum Gasteiger partial charge on any atom is 0.260 e. The highest BCUT2D eigenvalue weighted by Crippen LogP contribution is 2.40. The summed E-state index contributed by atoms with van der Waals surface area (Å²) in [7, 11) is 1.65. The Morgan fingerprint density at radius 3 is 2.25 bits per heavy atom. The third kappa shape index (κ3) is 3.35. The van der Waals surface area contributed by atoms with E-state index in [1.807, 2.05) is 54.6 Å². The first kappa shape index (κ1) is 18.8. The van der Waals surface area contributed by atoms with Crippen molar-refractivity contribution in [1.29, 1.82) is 0 Å². The van der Waals surface area contributed by atoms with E-state index >= 15 is 0 Å². The number of amides is 1. The van der Waals surface area contributed by atoms with Crippen molar-refractivity contribution in [2.24, 2.45) is 4.99 Å². The molecule has 28 heavy (non-hydrogen) atoms. The molecule has 0 radical (unpaired) electrons. The summed E-state index contributed by atoms with van der Waals surface area (Å²) >= 11 is 5.82. The molecule has 0 atom stereocenters. The molecule has 2 aromatic rings. The van der Waals surface area contributed by atoms with E-state index in [0.29, 0.717) is 10.6 Å². The first-order valence-corrected chi connectivity index (χ1v) is 10.2. The van der Waals surface area contributed by atoms with Crippen molar-refractivity contribution in [1.82, 2.24) is 4.90 Å². The van der Waals surface area contributed by atoms with Crippen LogP contribution in [-0.4, -0.2) is 34.3 Å². The van der Waals surface area contributed by atoms with Gasteiger partial charge in [0.15, 0.2) is 0 Å². The number of aliphatic imine (C=N–C) groups is 1. The van der Waals surface area contributed by atoms with E-state index in [4.69, 9.17) is 21.9 Å². The van der Waals surface area contributed by atoms with E-state index in [-0.39, 0.29) is 5.91 Å². The van der Waals surface area contributed by atoms with Gasteiger partial charge in [0.25, 0.3) is 5.91 Å². The molecule has 4 nitrogen and oxygen atoms in total. The molecule has 1 saturated carbocycles. The summed E-state index contributed by atoms with van der Waals surface area (Å²) in [5.74, 6) is 0.731.